The monoisotopic (exact) mass is 268 g/mol. The van der Waals surface area contributed by atoms with Gasteiger partial charge in [0.15, 0.2) is 0 Å². The van der Waals surface area contributed by atoms with E-state index in [1.807, 2.05) is 6.07 Å². The van der Waals surface area contributed by atoms with Crippen LogP contribution in [0, 0.1) is 0 Å². The standard InChI is InChI=1S/C18H20O2/c1-2-7-15(8-3-1)9-6-11-16-10-4-5-12-18(16)20-14-17-13-19-17/h1-5,7-8,10,12,17H,6,9,11,13-14H2. The second-order valence-corrected chi connectivity index (χ2v) is 5.21. The van der Waals surface area contributed by atoms with Crippen molar-refractivity contribution in [2.24, 2.45) is 0 Å². The van der Waals surface area contributed by atoms with E-state index < -0.39 is 0 Å². The van der Waals surface area contributed by atoms with Crippen LogP contribution in [0.5, 0.6) is 5.75 Å². The molecule has 0 spiro atoms. The maximum Gasteiger partial charge on any atom is 0.122 e. The highest BCUT2D eigenvalue weighted by atomic mass is 16.6. The zero-order valence-corrected chi connectivity index (χ0v) is 11.6. The van der Waals surface area contributed by atoms with Gasteiger partial charge in [-0.15, -0.1) is 0 Å². The number of aryl methyl sites for hydroxylation is 2. The second kappa shape index (κ2) is 6.58. The Morgan fingerprint density at radius 1 is 0.950 bits per heavy atom. The van der Waals surface area contributed by atoms with Gasteiger partial charge in [-0.3, -0.25) is 0 Å². The van der Waals surface area contributed by atoms with Gasteiger partial charge in [0.05, 0.1) is 6.61 Å². The van der Waals surface area contributed by atoms with Crippen LogP contribution >= 0.6 is 0 Å². The lowest BCUT2D eigenvalue weighted by molar-refractivity contribution is 0.261. The maximum atomic E-state index is 5.84. The minimum Gasteiger partial charge on any atom is -0.491 e. The second-order valence-electron chi connectivity index (χ2n) is 5.21. The third-order valence-corrected chi connectivity index (χ3v) is 3.55. The van der Waals surface area contributed by atoms with Crippen LogP contribution in [0.15, 0.2) is 54.6 Å². The molecule has 2 nitrogen and oxygen atoms in total. The van der Waals surface area contributed by atoms with E-state index in [4.69, 9.17) is 9.47 Å². The first-order chi connectivity index (χ1) is 9.92. The molecule has 0 aliphatic carbocycles. The molecule has 0 amide bonds. The highest BCUT2D eigenvalue weighted by Gasteiger charge is 2.23. The van der Waals surface area contributed by atoms with Crippen LogP contribution in [0.4, 0.5) is 0 Å². The normalized spacial score (nSPS) is 16.9. The molecule has 2 aromatic rings. The maximum absolute atomic E-state index is 5.84. The van der Waals surface area contributed by atoms with E-state index in [1.54, 1.807) is 0 Å². The minimum absolute atomic E-state index is 0.312. The van der Waals surface area contributed by atoms with E-state index in [0.29, 0.717) is 12.7 Å². The zero-order valence-electron chi connectivity index (χ0n) is 11.6. The van der Waals surface area contributed by atoms with Gasteiger partial charge >= 0.3 is 0 Å². The summed E-state index contributed by atoms with van der Waals surface area (Å²) in [4.78, 5) is 0. The number of hydrogen-bond donors (Lipinski definition) is 0. The molecule has 0 radical (unpaired) electrons. The molecule has 1 fully saturated rings. The Morgan fingerprint density at radius 2 is 1.70 bits per heavy atom. The molecule has 104 valence electrons. The van der Waals surface area contributed by atoms with E-state index in [-0.39, 0.29) is 0 Å². The molecular formula is C18H20O2. The summed E-state index contributed by atoms with van der Waals surface area (Å²) in [5.41, 5.74) is 2.70. The Labute approximate surface area is 120 Å². The molecule has 0 bridgehead atoms. The average molecular weight is 268 g/mol. The van der Waals surface area contributed by atoms with Gasteiger partial charge in [0, 0.05) is 0 Å². The van der Waals surface area contributed by atoms with Gasteiger partial charge in [-0.2, -0.15) is 0 Å². The number of para-hydroxylation sites is 1. The van der Waals surface area contributed by atoms with Crippen LogP contribution in [0.3, 0.4) is 0 Å². The van der Waals surface area contributed by atoms with Crippen LogP contribution in [0.25, 0.3) is 0 Å². The predicted molar refractivity (Wildman–Crippen MR) is 80.1 cm³/mol. The summed E-state index contributed by atoms with van der Waals surface area (Å²) < 4.78 is 11.0. The highest BCUT2D eigenvalue weighted by molar-refractivity contribution is 5.33. The van der Waals surface area contributed by atoms with Gasteiger partial charge in [0.2, 0.25) is 0 Å². The van der Waals surface area contributed by atoms with Gasteiger partial charge in [0.1, 0.15) is 18.5 Å². The van der Waals surface area contributed by atoms with Crippen LogP contribution in [0.1, 0.15) is 17.5 Å². The lowest BCUT2D eigenvalue weighted by atomic mass is 10.0. The molecule has 20 heavy (non-hydrogen) atoms. The third-order valence-electron chi connectivity index (χ3n) is 3.55. The Bertz CT molecular complexity index is 532. The summed E-state index contributed by atoms with van der Waals surface area (Å²) in [5, 5.41) is 0. The molecule has 0 N–H and O–H groups in total. The molecule has 0 saturated carbocycles. The quantitative estimate of drug-likeness (QED) is 0.715. The lowest BCUT2D eigenvalue weighted by Crippen LogP contribution is -2.06. The Hall–Kier alpha value is -1.80. The van der Waals surface area contributed by atoms with Gasteiger partial charge in [-0.05, 0) is 36.5 Å². The molecule has 1 aliphatic heterocycles. The van der Waals surface area contributed by atoms with E-state index in [2.05, 4.69) is 48.5 Å². The Balaban J connectivity index is 1.53. The van der Waals surface area contributed by atoms with Crippen molar-refractivity contribution in [2.75, 3.05) is 13.2 Å². The molecular weight excluding hydrogens is 248 g/mol. The van der Waals surface area contributed by atoms with Crippen molar-refractivity contribution < 1.29 is 9.47 Å². The fraction of sp³-hybridized carbons (Fsp3) is 0.333. The molecule has 0 aromatic heterocycles. The van der Waals surface area contributed by atoms with Crippen LogP contribution in [-0.4, -0.2) is 19.3 Å². The third kappa shape index (κ3) is 3.84. The number of ether oxygens (including phenoxy) is 2. The molecule has 1 aliphatic rings. The smallest absolute Gasteiger partial charge is 0.122 e. The minimum atomic E-state index is 0.312. The van der Waals surface area contributed by atoms with Crippen molar-refractivity contribution in [3.05, 3.63) is 65.7 Å². The highest BCUT2D eigenvalue weighted by Crippen LogP contribution is 2.22. The largest absolute Gasteiger partial charge is 0.491 e. The number of hydrogen-bond acceptors (Lipinski definition) is 2. The number of rotatable bonds is 7. The number of benzene rings is 2. The summed E-state index contributed by atoms with van der Waals surface area (Å²) in [6.07, 6.45) is 3.62. The van der Waals surface area contributed by atoms with Crippen molar-refractivity contribution in [1.82, 2.24) is 0 Å². The van der Waals surface area contributed by atoms with E-state index in [9.17, 15) is 0 Å². The fourth-order valence-electron chi connectivity index (χ4n) is 2.33. The molecule has 1 atom stereocenters. The molecule has 1 saturated heterocycles. The first-order valence-electron chi connectivity index (χ1n) is 7.28. The van der Waals surface area contributed by atoms with Crippen LogP contribution in [-0.2, 0) is 17.6 Å². The summed E-state index contributed by atoms with van der Waals surface area (Å²) in [5.74, 6) is 1.01. The Morgan fingerprint density at radius 3 is 2.50 bits per heavy atom. The van der Waals surface area contributed by atoms with Crippen molar-refractivity contribution >= 4 is 0 Å². The number of epoxide rings is 1. The van der Waals surface area contributed by atoms with Gasteiger partial charge < -0.3 is 9.47 Å². The molecule has 1 heterocycles. The van der Waals surface area contributed by atoms with Crippen LogP contribution < -0.4 is 4.74 Å². The zero-order chi connectivity index (χ0) is 13.6. The fourth-order valence-corrected chi connectivity index (χ4v) is 2.33. The first kappa shape index (κ1) is 13.2. The summed E-state index contributed by atoms with van der Waals surface area (Å²) in [6, 6.07) is 19.0. The lowest BCUT2D eigenvalue weighted by Gasteiger charge is -2.10. The van der Waals surface area contributed by atoms with Gasteiger partial charge in [-0.25, -0.2) is 0 Å². The van der Waals surface area contributed by atoms with Crippen molar-refractivity contribution in [3.8, 4) is 5.75 Å². The average Bonchev–Trinajstić information content (AvgIpc) is 3.32. The van der Waals surface area contributed by atoms with Crippen molar-refractivity contribution in [1.29, 1.82) is 0 Å². The van der Waals surface area contributed by atoms with E-state index in [0.717, 1.165) is 31.6 Å². The van der Waals surface area contributed by atoms with Crippen molar-refractivity contribution in [3.63, 3.8) is 0 Å². The topological polar surface area (TPSA) is 21.8 Å². The van der Waals surface area contributed by atoms with E-state index in [1.165, 1.54) is 11.1 Å². The van der Waals surface area contributed by atoms with Gasteiger partial charge in [-0.1, -0.05) is 48.5 Å². The molecule has 3 rings (SSSR count). The molecule has 2 heteroatoms. The molecule has 1 unspecified atom stereocenters. The first-order valence-corrected chi connectivity index (χ1v) is 7.28. The van der Waals surface area contributed by atoms with Gasteiger partial charge in [0.25, 0.3) is 0 Å². The summed E-state index contributed by atoms with van der Waals surface area (Å²) in [7, 11) is 0. The van der Waals surface area contributed by atoms with E-state index >= 15 is 0 Å². The predicted octanol–water partition coefficient (Wildman–Crippen LogP) is 3.64. The van der Waals surface area contributed by atoms with Crippen LogP contribution in [0.2, 0.25) is 0 Å². The molecule has 2 aromatic carbocycles. The Kier molecular flexibility index (Phi) is 4.34. The van der Waals surface area contributed by atoms with Crippen molar-refractivity contribution in [2.45, 2.75) is 25.4 Å². The summed E-state index contributed by atoms with van der Waals surface area (Å²) in [6.45, 7) is 1.52. The SMILES string of the molecule is c1ccc(CCCc2ccccc2OCC2CO2)cc1. The summed E-state index contributed by atoms with van der Waals surface area (Å²) >= 11 is 0.